The van der Waals surface area contributed by atoms with Gasteiger partial charge in [-0.3, -0.25) is 13.9 Å². The fourth-order valence-electron chi connectivity index (χ4n) is 3.59. The van der Waals surface area contributed by atoms with Crippen molar-refractivity contribution in [2.45, 2.75) is 62.0 Å². The predicted octanol–water partition coefficient (Wildman–Crippen LogP) is 3.93. The van der Waals surface area contributed by atoms with E-state index in [9.17, 15) is 14.0 Å². The first-order valence-electron chi connectivity index (χ1n) is 11.1. The van der Waals surface area contributed by atoms with Crippen molar-refractivity contribution in [2.24, 2.45) is 12.8 Å². The van der Waals surface area contributed by atoms with E-state index >= 15 is 0 Å². The highest BCUT2D eigenvalue weighted by molar-refractivity contribution is 8.00. The quantitative estimate of drug-likeness (QED) is 0.269. The lowest BCUT2D eigenvalue weighted by atomic mass is 10.1. The highest BCUT2D eigenvalue weighted by Crippen LogP contribution is 2.33. The Morgan fingerprint density at radius 3 is 2.54 bits per heavy atom. The van der Waals surface area contributed by atoms with Crippen LogP contribution in [0.25, 0.3) is 21.4 Å². The Kier molecular flexibility index (Phi) is 6.91. The summed E-state index contributed by atoms with van der Waals surface area (Å²) in [5, 5.41) is 1.15. The molecule has 188 valence electrons. The maximum atomic E-state index is 13.7. The summed E-state index contributed by atoms with van der Waals surface area (Å²) in [6.45, 7) is 8.65. The van der Waals surface area contributed by atoms with E-state index in [1.165, 1.54) is 39.8 Å². The van der Waals surface area contributed by atoms with Gasteiger partial charge in [0.1, 0.15) is 10.8 Å². The maximum Gasteiger partial charge on any atom is 0.332 e. The Hall–Kier alpha value is -2.21. The van der Waals surface area contributed by atoms with Crippen LogP contribution in [0.4, 0.5) is 4.39 Å². The smallest absolute Gasteiger partial charge is 0.329 e. The summed E-state index contributed by atoms with van der Waals surface area (Å²) in [4.78, 5) is 35.5. The molecule has 3 heterocycles. The van der Waals surface area contributed by atoms with Gasteiger partial charge in [-0.25, -0.2) is 19.2 Å². The van der Waals surface area contributed by atoms with Crippen LogP contribution in [0.5, 0.6) is 0 Å². The number of alkyl halides is 1. The second-order valence-electron chi connectivity index (χ2n) is 9.71. The number of nitrogens with zero attached hydrogens (tertiary/aromatic N) is 5. The lowest BCUT2D eigenvalue weighted by Gasteiger charge is -2.22. The fraction of sp³-hybridized carbons (Fsp3) is 0.478. The number of benzene rings is 1. The summed E-state index contributed by atoms with van der Waals surface area (Å²) in [5.41, 5.74) is 6.13. The molecule has 4 rings (SSSR count). The van der Waals surface area contributed by atoms with Gasteiger partial charge in [0.15, 0.2) is 16.3 Å². The Morgan fingerprint density at radius 1 is 1.17 bits per heavy atom. The number of aromatic nitrogens is 5. The van der Waals surface area contributed by atoms with Gasteiger partial charge in [-0.15, -0.1) is 22.9 Å². The van der Waals surface area contributed by atoms with Gasteiger partial charge in [0.05, 0.1) is 16.8 Å². The molecule has 0 amide bonds. The third kappa shape index (κ3) is 5.32. The van der Waals surface area contributed by atoms with Crippen molar-refractivity contribution in [2.75, 3.05) is 6.54 Å². The summed E-state index contributed by atoms with van der Waals surface area (Å²) in [7, 11) is 1.60. The molecule has 0 aliphatic carbocycles. The van der Waals surface area contributed by atoms with E-state index < -0.39 is 16.1 Å². The highest BCUT2D eigenvalue weighted by Gasteiger charge is 2.27. The van der Waals surface area contributed by atoms with Crippen molar-refractivity contribution in [3.63, 3.8) is 0 Å². The molecule has 0 radical (unpaired) electrons. The van der Waals surface area contributed by atoms with Crippen molar-refractivity contribution in [3.05, 3.63) is 49.9 Å². The third-order valence-electron chi connectivity index (χ3n) is 5.67. The molecule has 0 aliphatic rings. The van der Waals surface area contributed by atoms with Gasteiger partial charge in [-0.2, -0.15) is 0 Å². The molecule has 0 unspecified atom stereocenters. The summed E-state index contributed by atoms with van der Waals surface area (Å²) < 4.78 is 18.4. The van der Waals surface area contributed by atoms with Crippen LogP contribution >= 0.6 is 34.7 Å². The lowest BCUT2D eigenvalue weighted by molar-refractivity contribution is 0.526. The van der Waals surface area contributed by atoms with Crippen LogP contribution in [0.2, 0.25) is 0 Å². The van der Waals surface area contributed by atoms with Gasteiger partial charge in [0, 0.05) is 35.8 Å². The van der Waals surface area contributed by atoms with Crippen LogP contribution in [0.15, 0.2) is 32.9 Å². The minimum Gasteiger partial charge on any atom is -0.329 e. The predicted molar refractivity (Wildman–Crippen MR) is 141 cm³/mol. The number of thioether (sulfide) groups is 1. The first-order valence-corrected chi connectivity index (χ1v) is 13.1. The molecule has 12 heteroatoms. The first kappa shape index (κ1) is 25.9. The summed E-state index contributed by atoms with van der Waals surface area (Å²) in [5.74, 6) is -0.389. The second kappa shape index (κ2) is 9.34. The molecule has 0 atom stereocenters. The standard InChI is InChI=1S/C23H28ClFN6O2S2/c1-22(2,24)8-9-30-17-18(28-20(30)35-23(3,4)12-26)29(5)21(33)31(19(17)32)11-16-27-14-10-13(25)6-7-15(14)34-16/h6-7,10H,8-9,11-12,26H2,1-5H3. The number of hydrogen-bond acceptors (Lipinski definition) is 7. The Balaban J connectivity index is 1.89. The van der Waals surface area contributed by atoms with Gasteiger partial charge in [-0.05, 0) is 46.2 Å². The number of imidazole rings is 1. The van der Waals surface area contributed by atoms with Gasteiger partial charge in [-0.1, -0.05) is 11.8 Å². The molecule has 35 heavy (non-hydrogen) atoms. The molecule has 0 saturated heterocycles. The zero-order valence-electron chi connectivity index (χ0n) is 20.3. The molecule has 3 aromatic heterocycles. The molecule has 8 nitrogen and oxygen atoms in total. The van der Waals surface area contributed by atoms with E-state index in [2.05, 4.69) is 9.97 Å². The number of halogens is 2. The van der Waals surface area contributed by atoms with Crippen LogP contribution < -0.4 is 17.0 Å². The van der Waals surface area contributed by atoms with Gasteiger partial charge >= 0.3 is 5.69 Å². The minimum atomic E-state index is -0.495. The maximum absolute atomic E-state index is 13.7. The first-order chi connectivity index (χ1) is 16.3. The topological polar surface area (TPSA) is 101 Å². The number of thiazole rings is 1. The molecular formula is C23H28ClFN6O2S2. The van der Waals surface area contributed by atoms with Crippen molar-refractivity contribution in [3.8, 4) is 0 Å². The van der Waals surface area contributed by atoms with Gasteiger partial charge in [0.25, 0.3) is 5.56 Å². The van der Waals surface area contributed by atoms with E-state index in [4.69, 9.17) is 17.3 Å². The lowest BCUT2D eigenvalue weighted by Crippen LogP contribution is -2.40. The highest BCUT2D eigenvalue weighted by atomic mass is 35.5. The zero-order chi connectivity index (χ0) is 25.7. The van der Waals surface area contributed by atoms with Crippen LogP contribution in [0.3, 0.4) is 0 Å². The second-order valence-corrected chi connectivity index (χ2v) is 13.5. The molecule has 2 N–H and O–H groups in total. The number of fused-ring (bicyclic) bond motifs is 2. The number of hydrogen-bond donors (Lipinski definition) is 1. The Labute approximate surface area is 214 Å². The van der Waals surface area contributed by atoms with Crippen molar-refractivity contribution in [1.82, 2.24) is 23.7 Å². The average Bonchev–Trinajstić information content (AvgIpc) is 3.33. The number of nitrogens with two attached hydrogens (primary N) is 1. The number of aryl methyl sites for hydroxylation is 2. The van der Waals surface area contributed by atoms with E-state index in [0.717, 1.165) is 9.27 Å². The summed E-state index contributed by atoms with van der Waals surface area (Å²) >= 11 is 9.25. The number of rotatable bonds is 8. The van der Waals surface area contributed by atoms with Gasteiger partial charge < -0.3 is 10.3 Å². The van der Waals surface area contributed by atoms with Gasteiger partial charge in [0.2, 0.25) is 0 Å². The van der Waals surface area contributed by atoms with E-state index in [0.29, 0.717) is 46.4 Å². The molecular weight excluding hydrogens is 511 g/mol. The van der Waals surface area contributed by atoms with Crippen LogP contribution in [0.1, 0.15) is 39.1 Å². The van der Waals surface area contributed by atoms with Crippen molar-refractivity contribution < 1.29 is 4.39 Å². The largest absolute Gasteiger partial charge is 0.332 e. The van der Waals surface area contributed by atoms with Crippen LogP contribution in [-0.4, -0.2) is 39.8 Å². The van der Waals surface area contributed by atoms with Crippen molar-refractivity contribution >= 4 is 56.1 Å². The Bertz CT molecular complexity index is 1530. The summed E-state index contributed by atoms with van der Waals surface area (Å²) in [6.07, 6.45) is 0.586. The molecule has 0 aliphatic heterocycles. The van der Waals surface area contributed by atoms with E-state index in [-0.39, 0.29) is 17.1 Å². The van der Waals surface area contributed by atoms with Crippen LogP contribution in [-0.2, 0) is 20.1 Å². The van der Waals surface area contributed by atoms with Crippen LogP contribution in [0, 0.1) is 5.82 Å². The monoisotopic (exact) mass is 538 g/mol. The zero-order valence-corrected chi connectivity index (χ0v) is 22.7. The molecule has 1 aromatic carbocycles. The normalized spacial score (nSPS) is 12.8. The summed E-state index contributed by atoms with van der Waals surface area (Å²) in [6, 6.07) is 4.34. The molecule has 0 bridgehead atoms. The third-order valence-corrected chi connectivity index (χ3v) is 8.10. The molecule has 0 spiro atoms. The SMILES string of the molecule is Cn1c(=O)n(Cc2nc3cc(F)ccc3s2)c(=O)c2c1nc(SC(C)(C)CN)n2CCC(C)(C)Cl. The van der Waals surface area contributed by atoms with E-state index in [1.807, 2.05) is 32.3 Å². The molecule has 0 fully saturated rings. The van der Waals surface area contributed by atoms with Crippen molar-refractivity contribution in [1.29, 1.82) is 0 Å². The fourth-order valence-corrected chi connectivity index (χ4v) is 5.62. The Morgan fingerprint density at radius 2 is 1.89 bits per heavy atom. The average molecular weight is 539 g/mol. The molecule has 4 aromatic rings. The molecule has 0 saturated carbocycles. The minimum absolute atomic E-state index is 0.0225. The van der Waals surface area contributed by atoms with E-state index in [1.54, 1.807) is 13.1 Å².